The van der Waals surface area contributed by atoms with E-state index in [1.165, 1.54) is 27.6 Å². The van der Waals surface area contributed by atoms with Gasteiger partial charge in [-0.25, -0.2) is 4.39 Å². The first-order chi connectivity index (χ1) is 12.2. The minimum absolute atomic E-state index is 0.0672. The highest BCUT2D eigenvalue weighted by atomic mass is 32.2. The molecular weight excluding hydrogens is 359 g/mol. The lowest BCUT2D eigenvalue weighted by atomic mass is 10.2. The number of carbonyl (C=O) groups is 1. The Morgan fingerprint density at radius 1 is 1.28 bits per heavy atom. The van der Waals surface area contributed by atoms with Gasteiger partial charge in [0.1, 0.15) is 24.9 Å². The van der Waals surface area contributed by atoms with E-state index in [1.54, 1.807) is 29.5 Å². The van der Waals surface area contributed by atoms with Gasteiger partial charge >= 0.3 is 0 Å². The first-order valence-corrected chi connectivity index (χ1v) is 10.2. The summed E-state index contributed by atoms with van der Waals surface area (Å²) in [5.41, 5.74) is 0. The van der Waals surface area contributed by atoms with Crippen LogP contribution in [0, 0.1) is 5.82 Å². The highest BCUT2D eigenvalue weighted by molar-refractivity contribution is 8.00. The molecule has 1 amide bonds. The number of morpholine rings is 1. The first kappa shape index (κ1) is 18.4. The highest BCUT2D eigenvalue weighted by Crippen LogP contribution is 2.21. The second kappa shape index (κ2) is 9.33. The Kier molecular flexibility index (Phi) is 6.86. The van der Waals surface area contributed by atoms with Crippen molar-refractivity contribution in [2.24, 2.45) is 0 Å². The van der Waals surface area contributed by atoms with Crippen molar-refractivity contribution in [3.8, 4) is 0 Å². The van der Waals surface area contributed by atoms with Gasteiger partial charge in [0.25, 0.3) is 0 Å². The number of hydrogen-bond acceptors (Lipinski definition) is 4. The zero-order valence-electron chi connectivity index (χ0n) is 13.9. The van der Waals surface area contributed by atoms with Crippen molar-refractivity contribution < 1.29 is 18.8 Å². The summed E-state index contributed by atoms with van der Waals surface area (Å²) in [4.78, 5) is 15.4. The third kappa shape index (κ3) is 5.28. The van der Waals surface area contributed by atoms with E-state index < -0.39 is 0 Å². The Bertz CT molecular complexity index is 675. The van der Waals surface area contributed by atoms with Crippen molar-refractivity contribution in [1.29, 1.82) is 0 Å². The Balaban J connectivity index is 1.53. The Morgan fingerprint density at radius 3 is 2.80 bits per heavy atom. The molecule has 2 N–H and O–H groups in total. The molecule has 134 valence electrons. The number of quaternary nitrogens is 1. The molecule has 25 heavy (non-hydrogen) atoms. The van der Waals surface area contributed by atoms with E-state index in [-0.39, 0.29) is 23.5 Å². The number of thioether (sulfide) groups is 1. The van der Waals surface area contributed by atoms with Crippen LogP contribution in [0.4, 0.5) is 4.39 Å². The van der Waals surface area contributed by atoms with Crippen molar-refractivity contribution in [2.75, 3.05) is 38.6 Å². The highest BCUT2D eigenvalue weighted by Gasteiger charge is 2.27. The minimum Gasteiger partial charge on any atom is -0.370 e. The van der Waals surface area contributed by atoms with Crippen molar-refractivity contribution in [1.82, 2.24) is 5.32 Å². The summed E-state index contributed by atoms with van der Waals surface area (Å²) in [6, 6.07) is 10.9. The van der Waals surface area contributed by atoms with Gasteiger partial charge in [-0.3, -0.25) is 4.79 Å². The van der Waals surface area contributed by atoms with Gasteiger partial charge < -0.3 is 15.0 Å². The monoisotopic (exact) mass is 381 g/mol. The Labute approximate surface area is 155 Å². The van der Waals surface area contributed by atoms with Gasteiger partial charge in [0.15, 0.2) is 0 Å². The fraction of sp³-hybridized carbons (Fsp3) is 0.389. The lowest BCUT2D eigenvalue weighted by molar-refractivity contribution is -0.937. The molecule has 0 bridgehead atoms. The molecular formula is C18H22FN2O2S2+. The molecule has 7 heteroatoms. The average molecular weight is 382 g/mol. The maximum atomic E-state index is 13.6. The van der Waals surface area contributed by atoms with Crippen LogP contribution in [0.15, 0.2) is 46.7 Å². The number of hydrogen-bond donors (Lipinski definition) is 2. The van der Waals surface area contributed by atoms with E-state index in [1.807, 2.05) is 6.07 Å². The Morgan fingerprint density at radius 2 is 2.08 bits per heavy atom. The standard InChI is InChI=1S/C18H21FN2O2S2/c19-14-4-1-2-5-16(14)25-13-18(22)20-12-15(17-6-3-11-24-17)21-7-9-23-10-8-21/h1-6,11,15H,7-10,12-13H2,(H,20,22)/p+1/t15-/m0/s1. The maximum Gasteiger partial charge on any atom is 0.230 e. The molecule has 1 aromatic carbocycles. The molecule has 1 saturated heterocycles. The summed E-state index contributed by atoms with van der Waals surface area (Å²) >= 11 is 2.95. The molecule has 3 rings (SSSR count). The molecule has 2 heterocycles. The smallest absolute Gasteiger partial charge is 0.230 e. The van der Waals surface area contributed by atoms with E-state index in [2.05, 4.69) is 16.8 Å². The number of benzene rings is 1. The van der Waals surface area contributed by atoms with Crippen LogP contribution in [-0.2, 0) is 9.53 Å². The van der Waals surface area contributed by atoms with Crippen molar-refractivity contribution >= 4 is 29.0 Å². The lowest BCUT2D eigenvalue weighted by Crippen LogP contribution is -3.15. The predicted octanol–water partition coefficient (Wildman–Crippen LogP) is 1.75. The molecule has 4 nitrogen and oxygen atoms in total. The van der Waals surface area contributed by atoms with E-state index in [4.69, 9.17) is 4.74 Å². The first-order valence-electron chi connectivity index (χ1n) is 8.34. The van der Waals surface area contributed by atoms with Crippen LogP contribution in [0.25, 0.3) is 0 Å². The molecule has 0 aliphatic carbocycles. The third-order valence-corrected chi connectivity index (χ3v) is 6.25. The number of carbonyl (C=O) groups excluding carboxylic acids is 1. The van der Waals surface area contributed by atoms with E-state index in [9.17, 15) is 9.18 Å². The molecule has 1 atom stereocenters. The fourth-order valence-corrected chi connectivity index (χ4v) is 4.54. The van der Waals surface area contributed by atoms with Crippen molar-refractivity contribution in [3.63, 3.8) is 0 Å². The number of halogens is 1. The SMILES string of the molecule is O=C(CSc1ccccc1F)NC[C@@H](c1cccs1)[NH+]1CCOCC1. The predicted molar refractivity (Wildman–Crippen MR) is 98.7 cm³/mol. The molecule has 0 saturated carbocycles. The molecule has 0 spiro atoms. The quantitative estimate of drug-likeness (QED) is 0.718. The van der Waals surface area contributed by atoms with E-state index >= 15 is 0 Å². The largest absolute Gasteiger partial charge is 0.370 e. The lowest BCUT2D eigenvalue weighted by Gasteiger charge is -2.31. The molecule has 0 unspecified atom stereocenters. The Hall–Kier alpha value is -1.41. The topological polar surface area (TPSA) is 42.8 Å². The maximum absolute atomic E-state index is 13.6. The van der Waals surface area contributed by atoms with Crippen LogP contribution in [0.3, 0.4) is 0 Å². The number of nitrogens with one attached hydrogen (secondary N) is 2. The molecule has 2 aromatic rings. The zero-order valence-corrected chi connectivity index (χ0v) is 15.5. The van der Waals surface area contributed by atoms with E-state index in [0.717, 1.165) is 26.3 Å². The molecule has 1 fully saturated rings. The van der Waals surface area contributed by atoms with Gasteiger partial charge in [-0.05, 0) is 23.6 Å². The van der Waals surface area contributed by atoms with Gasteiger partial charge in [-0.2, -0.15) is 0 Å². The van der Waals surface area contributed by atoms with Crippen LogP contribution in [0.5, 0.6) is 0 Å². The second-order valence-corrected chi connectivity index (χ2v) is 7.86. The fourth-order valence-electron chi connectivity index (χ4n) is 2.89. The van der Waals surface area contributed by atoms with Gasteiger partial charge in [0.2, 0.25) is 5.91 Å². The van der Waals surface area contributed by atoms with E-state index in [0.29, 0.717) is 11.4 Å². The average Bonchev–Trinajstić information content (AvgIpc) is 3.16. The molecule has 1 aromatic heterocycles. The van der Waals surface area contributed by atoms with Crippen LogP contribution in [0.1, 0.15) is 10.9 Å². The summed E-state index contributed by atoms with van der Waals surface area (Å²) in [7, 11) is 0. The van der Waals surface area contributed by atoms with Crippen LogP contribution >= 0.6 is 23.1 Å². The van der Waals surface area contributed by atoms with Crippen molar-refractivity contribution in [3.05, 3.63) is 52.5 Å². The van der Waals surface area contributed by atoms with Crippen LogP contribution < -0.4 is 10.2 Å². The normalized spacial score (nSPS) is 16.5. The summed E-state index contributed by atoms with van der Waals surface area (Å²) in [6.45, 7) is 4.00. The molecule has 1 aliphatic rings. The number of thiophene rings is 1. The molecule has 0 radical (unpaired) electrons. The van der Waals surface area contributed by atoms with Crippen molar-refractivity contribution in [2.45, 2.75) is 10.9 Å². The minimum atomic E-state index is -0.283. The van der Waals surface area contributed by atoms with Gasteiger partial charge in [-0.15, -0.1) is 23.1 Å². The summed E-state index contributed by atoms with van der Waals surface area (Å²) in [5.74, 6) is -0.131. The summed E-state index contributed by atoms with van der Waals surface area (Å²) in [5, 5.41) is 5.09. The number of amides is 1. The van der Waals surface area contributed by atoms with Gasteiger partial charge in [0, 0.05) is 4.90 Å². The van der Waals surface area contributed by atoms with Gasteiger partial charge in [-0.1, -0.05) is 18.2 Å². The zero-order chi connectivity index (χ0) is 17.5. The number of ether oxygens (including phenoxy) is 1. The number of rotatable bonds is 7. The third-order valence-electron chi connectivity index (χ3n) is 4.21. The van der Waals surface area contributed by atoms with Crippen LogP contribution in [0.2, 0.25) is 0 Å². The van der Waals surface area contributed by atoms with Crippen LogP contribution in [-0.4, -0.2) is 44.5 Å². The molecule has 1 aliphatic heterocycles. The summed E-state index contributed by atoms with van der Waals surface area (Å²) in [6.07, 6.45) is 0. The second-order valence-electron chi connectivity index (χ2n) is 5.86. The van der Waals surface area contributed by atoms with Gasteiger partial charge in [0.05, 0.1) is 30.4 Å². The summed E-state index contributed by atoms with van der Waals surface area (Å²) < 4.78 is 19.1.